The summed E-state index contributed by atoms with van der Waals surface area (Å²) in [5.41, 5.74) is 3.63. The summed E-state index contributed by atoms with van der Waals surface area (Å²) >= 11 is 1.78. The molecular weight excluding hydrogens is 382 g/mol. The zero-order chi connectivity index (χ0) is 20.0. The van der Waals surface area contributed by atoms with Crippen LogP contribution in [0.25, 0.3) is 20.4 Å². The van der Waals surface area contributed by atoms with Gasteiger partial charge in [-0.05, 0) is 38.7 Å². The minimum Gasteiger partial charge on any atom is -0.370 e. The lowest BCUT2D eigenvalue weighted by Crippen LogP contribution is -2.36. The molecule has 0 bridgehead atoms. The van der Waals surface area contributed by atoms with E-state index in [9.17, 15) is 0 Å². The van der Waals surface area contributed by atoms with Gasteiger partial charge in [-0.25, -0.2) is 15.0 Å². The van der Waals surface area contributed by atoms with Crippen molar-refractivity contribution in [1.82, 2.24) is 9.97 Å². The number of H-pyrrole nitrogens is 1. The number of aromatic nitrogens is 3. The monoisotopic (exact) mass is 412 g/mol. The van der Waals surface area contributed by atoms with Crippen LogP contribution in [0.4, 0.5) is 11.6 Å². The van der Waals surface area contributed by atoms with Crippen molar-refractivity contribution in [3.8, 4) is 0 Å². The SMILES string of the molecule is CCCCNc1ncnc2c1sc1[nH+]c(N3CCCC3)c3c(c12)CC(C)(C)OC3. The molecule has 2 aliphatic heterocycles. The van der Waals surface area contributed by atoms with Crippen LogP contribution in [-0.2, 0) is 17.8 Å². The first-order chi connectivity index (χ1) is 14.1. The molecule has 3 aromatic rings. The van der Waals surface area contributed by atoms with E-state index in [2.05, 4.69) is 41.0 Å². The van der Waals surface area contributed by atoms with Gasteiger partial charge in [0.25, 0.3) is 5.82 Å². The van der Waals surface area contributed by atoms with Gasteiger partial charge in [0.15, 0.2) is 4.83 Å². The zero-order valence-electron chi connectivity index (χ0n) is 17.6. The normalized spacial score (nSPS) is 18.5. The minimum atomic E-state index is -0.160. The fourth-order valence-electron chi connectivity index (χ4n) is 4.57. The molecule has 2 aliphatic rings. The molecule has 1 saturated heterocycles. The minimum absolute atomic E-state index is 0.160. The first kappa shape index (κ1) is 19.0. The number of rotatable bonds is 5. The van der Waals surface area contributed by atoms with E-state index in [0.717, 1.165) is 48.5 Å². The molecule has 154 valence electrons. The molecule has 0 amide bonds. The maximum Gasteiger partial charge on any atom is 0.281 e. The van der Waals surface area contributed by atoms with Crippen molar-refractivity contribution < 1.29 is 9.72 Å². The van der Waals surface area contributed by atoms with Crippen LogP contribution in [0.15, 0.2) is 6.33 Å². The lowest BCUT2D eigenvalue weighted by molar-refractivity contribution is -0.328. The Balaban J connectivity index is 1.72. The molecule has 0 unspecified atom stereocenters. The third-order valence-corrected chi connectivity index (χ3v) is 7.21. The third kappa shape index (κ3) is 3.34. The van der Waals surface area contributed by atoms with Gasteiger partial charge in [0.05, 0.1) is 41.8 Å². The first-order valence-corrected chi connectivity index (χ1v) is 11.7. The summed E-state index contributed by atoms with van der Waals surface area (Å²) < 4.78 is 7.38. The van der Waals surface area contributed by atoms with Crippen LogP contribution in [-0.4, -0.2) is 35.2 Å². The number of pyridine rings is 1. The Labute approximate surface area is 175 Å². The van der Waals surface area contributed by atoms with Crippen molar-refractivity contribution in [2.75, 3.05) is 29.9 Å². The third-order valence-electron chi connectivity index (χ3n) is 6.11. The quantitative estimate of drug-likeness (QED) is 0.632. The highest BCUT2D eigenvalue weighted by Gasteiger charge is 2.36. The van der Waals surface area contributed by atoms with Gasteiger partial charge < -0.3 is 10.1 Å². The lowest BCUT2D eigenvalue weighted by Gasteiger charge is -2.32. The van der Waals surface area contributed by atoms with Crippen LogP contribution >= 0.6 is 11.3 Å². The van der Waals surface area contributed by atoms with E-state index in [0.29, 0.717) is 6.61 Å². The summed E-state index contributed by atoms with van der Waals surface area (Å²) in [4.78, 5) is 16.8. The van der Waals surface area contributed by atoms with Gasteiger partial charge in [0, 0.05) is 13.0 Å². The van der Waals surface area contributed by atoms with Gasteiger partial charge >= 0.3 is 0 Å². The molecule has 5 rings (SSSR count). The van der Waals surface area contributed by atoms with Crippen LogP contribution in [0.3, 0.4) is 0 Å². The number of nitrogens with zero attached hydrogens (tertiary/aromatic N) is 3. The van der Waals surface area contributed by atoms with E-state index < -0.39 is 0 Å². The summed E-state index contributed by atoms with van der Waals surface area (Å²) in [5.74, 6) is 2.21. The van der Waals surface area contributed by atoms with Crippen molar-refractivity contribution in [2.45, 2.75) is 65.1 Å². The fourth-order valence-corrected chi connectivity index (χ4v) is 5.72. The second-order valence-corrected chi connectivity index (χ2v) is 9.86. The van der Waals surface area contributed by atoms with Crippen molar-refractivity contribution in [2.24, 2.45) is 0 Å². The van der Waals surface area contributed by atoms with E-state index in [1.54, 1.807) is 17.7 Å². The molecule has 0 saturated carbocycles. The van der Waals surface area contributed by atoms with Crippen molar-refractivity contribution in [3.05, 3.63) is 17.5 Å². The predicted molar refractivity (Wildman–Crippen MR) is 119 cm³/mol. The molecule has 2 N–H and O–H groups in total. The van der Waals surface area contributed by atoms with Crippen LogP contribution in [0.1, 0.15) is 57.6 Å². The molecule has 0 radical (unpaired) electrons. The smallest absolute Gasteiger partial charge is 0.281 e. The molecule has 6 nitrogen and oxygen atoms in total. The molecule has 7 heteroatoms. The molecule has 0 aliphatic carbocycles. The van der Waals surface area contributed by atoms with Gasteiger partial charge in [-0.3, -0.25) is 4.90 Å². The van der Waals surface area contributed by atoms with E-state index >= 15 is 0 Å². The molecule has 3 aromatic heterocycles. The Hall–Kier alpha value is -1.99. The average molecular weight is 413 g/mol. The lowest BCUT2D eigenvalue weighted by atomic mass is 9.90. The molecule has 0 aromatic carbocycles. The number of thiophene rings is 1. The van der Waals surface area contributed by atoms with Crippen LogP contribution in [0.5, 0.6) is 0 Å². The number of aromatic amines is 1. The Bertz CT molecular complexity index is 1050. The topological polar surface area (TPSA) is 64.4 Å². The molecule has 0 atom stereocenters. The number of nitrogens with one attached hydrogen (secondary N) is 2. The Morgan fingerprint density at radius 3 is 2.86 bits per heavy atom. The summed E-state index contributed by atoms with van der Waals surface area (Å²) in [5, 5.41) is 4.79. The maximum absolute atomic E-state index is 6.23. The molecule has 29 heavy (non-hydrogen) atoms. The van der Waals surface area contributed by atoms with Crippen molar-refractivity contribution in [1.29, 1.82) is 0 Å². The second-order valence-electron chi connectivity index (χ2n) is 8.84. The number of unbranched alkanes of at least 4 members (excludes halogenated alkanes) is 1. The first-order valence-electron chi connectivity index (χ1n) is 10.8. The van der Waals surface area contributed by atoms with E-state index in [1.165, 1.54) is 46.4 Å². The number of hydrogen-bond acceptors (Lipinski definition) is 6. The molecular formula is C22H30N5OS+. The predicted octanol–water partition coefficient (Wildman–Crippen LogP) is 4.32. The largest absolute Gasteiger partial charge is 0.370 e. The molecule has 0 spiro atoms. The van der Waals surface area contributed by atoms with Crippen molar-refractivity contribution >= 4 is 43.4 Å². The van der Waals surface area contributed by atoms with Crippen LogP contribution in [0, 0.1) is 0 Å². The van der Waals surface area contributed by atoms with Crippen molar-refractivity contribution in [3.63, 3.8) is 0 Å². The molecule has 1 fully saturated rings. The van der Waals surface area contributed by atoms with Crippen LogP contribution < -0.4 is 15.2 Å². The zero-order valence-corrected chi connectivity index (χ0v) is 18.4. The van der Waals surface area contributed by atoms with E-state index in [4.69, 9.17) is 9.72 Å². The van der Waals surface area contributed by atoms with Gasteiger partial charge in [0.1, 0.15) is 16.8 Å². The van der Waals surface area contributed by atoms with Gasteiger partial charge in [0.2, 0.25) is 0 Å². The number of anilines is 2. The van der Waals surface area contributed by atoms with Gasteiger partial charge in [-0.1, -0.05) is 24.7 Å². The van der Waals surface area contributed by atoms with E-state index in [1.807, 2.05) is 0 Å². The summed E-state index contributed by atoms with van der Waals surface area (Å²) in [7, 11) is 0. The van der Waals surface area contributed by atoms with E-state index in [-0.39, 0.29) is 5.60 Å². The highest BCUT2D eigenvalue weighted by molar-refractivity contribution is 7.25. The number of fused-ring (bicyclic) bond motifs is 5. The highest BCUT2D eigenvalue weighted by atomic mass is 32.1. The Morgan fingerprint density at radius 2 is 2.07 bits per heavy atom. The summed E-state index contributed by atoms with van der Waals surface area (Å²) in [6.45, 7) is 10.4. The van der Waals surface area contributed by atoms with Gasteiger partial charge in [-0.2, -0.15) is 0 Å². The van der Waals surface area contributed by atoms with Crippen LogP contribution in [0.2, 0.25) is 0 Å². The molecule has 5 heterocycles. The number of hydrogen-bond donors (Lipinski definition) is 1. The maximum atomic E-state index is 6.23. The summed E-state index contributed by atoms with van der Waals surface area (Å²) in [6, 6.07) is 0. The number of ether oxygens (including phenoxy) is 1. The van der Waals surface area contributed by atoms with Gasteiger partial charge in [-0.15, -0.1) is 0 Å². The standard InChI is InChI=1S/C22H29N5OS/c1-4-5-8-23-19-18-17(24-13-25-19)16-14-11-22(2,3)28-12-15(14)20(26-21(16)29-18)27-9-6-7-10-27/h13H,4-12H2,1-3H3,(H,23,24,25)/p+1. The Kier molecular flexibility index (Phi) is 4.82. The average Bonchev–Trinajstić information content (AvgIpc) is 3.35. The second kappa shape index (κ2) is 7.36. The summed E-state index contributed by atoms with van der Waals surface area (Å²) in [6.07, 6.45) is 7.44. The fraction of sp³-hybridized carbons (Fsp3) is 0.591. The highest BCUT2D eigenvalue weighted by Crippen LogP contribution is 2.42. The Morgan fingerprint density at radius 1 is 1.24 bits per heavy atom.